The molecule has 2 heterocycles. The summed E-state index contributed by atoms with van der Waals surface area (Å²) in [6.07, 6.45) is 3.41. The highest BCUT2D eigenvalue weighted by Crippen LogP contribution is 2.35. The summed E-state index contributed by atoms with van der Waals surface area (Å²) in [5.41, 5.74) is 2.09. The minimum Gasteiger partial charge on any atom is -0.454 e. The van der Waals surface area contributed by atoms with Crippen LogP contribution in [0, 0.1) is 5.92 Å². The van der Waals surface area contributed by atoms with Crippen LogP contribution in [0.3, 0.4) is 0 Å². The number of nitrogens with zero attached hydrogens (tertiary/aromatic N) is 1. The number of thiazole rings is 1. The topological polar surface area (TPSA) is 55.4 Å². The maximum absolute atomic E-state index is 5.38. The Kier molecular flexibility index (Phi) is 3.82. The van der Waals surface area contributed by atoms with Gasteiger partial charge in [0.15, 0.2) is 21.7 Å². The predicted octanol–water partition coefficient (Wildman–Crippen LogP) is 3.81. The number of nitrogens with one attached hydrogen (secondary N) is 2. The highest BCUT2D eigenvalue weighted by atomic mass is 32.1. The van der Waals surface area contributed by atoms with E-state index in [0.29, 0.717) is 5.11 Å². The molecule has 2 aliphatic rings. The fraction of sp³-hybridized carbons (Fsp3) is 0.375. The fourth-order valence-corrected chi connectivity index (χ4v) is 4.28. The van der Waals surface area contributed by atoms with Gasteiger partial charge in [-0.25, -0.2) is 4.98 Å². The second-order valence-electron chi connectivity index (χ2n) is 5.88. The van der Waals surface area contributed by atoms with Crippen molar-refractivity contribution in [1.82, 2.24) is 4.98 Å². The highest BCUT2D eigenvalue weighted by molar-refractivity contribution is 7.80. The van der Waals surface area contributed by atoms with Gasteiger partial charge >= 0.3 is 0 Å². The van der Waals surface area contributed by atoms with Crippen LogP contribution in [0.5, 0.6) is 11.5 Å². The molecular formula is C16H17N3O2S2. The number of thiocarbonyl (C=S) groups is 1. The Morgan fingerprint density at radius 3 is 3.09 bits per heavy atom. The van der Waals surface area contributed by atoms with Gasteiger partial charge < -0.3 is 20.1 Å². The van der Waals surface area contributed by atoms with Gasteiger partial charge in [-0.1, -0.05) is 6.92 Å². The molecule has 1 aliphatic carbocycles. The maximum Gasteiger partial charge on any atom is 0.231 e. The standard InChI is InChI=1S/C16H17N3O2S2/c1-9-2-4-11-14(6-9)23-16(18-11)19-15(22)17-10-3-5-12-13(7-10)21-8-20-12/h3,5,7,9H,2,4,6,8H2,1H3,(H2,17,18,19,22). The number of anilines is 2. The Morgan fingerprint density at radius 2 is 2.17 bits per heavy atom. The Hall–Kier alpha value is -1.86. The highest BCUT2D eigenvalue weighted by Gasteiger charge is 2.20. The van der Waals surface area contributed by atoms with Crippen LogP contribution >= 0.6 is 23.6 Å². The molecule has 2 aromatic rings. The van der Waals surface area contributed by atoms with Gasteiger partial charge in [0.25, 0.3) is 0 Å². The smallest absolute Gasteiger partial charge is 0.231 e. The first kappa shape index (κ1) is 14.7. The van der Waals surface area contributed by atoms with E-state index in [1.807, 2.05) is 18.2 Å². The molecule has 0 bridgehead atoms. The van der Waals surface area contributed by atoms with E-state index in [9.17, 15) is 0 Å². The summed E-state index contributed by atoms with van der Waals surface area (Å²) in [6.45, 7) is 2.56. The minimum atomic E-state index is 0.268. The van der Waals surface area contributed by atoms with Crippen molar-refractivity contribution in [2.45, 2.75) is 26.2 Å². The van der Waals surface area contributed by atoms with Crippen LogP contribution in [0.15, 0.2) is 18.2 Å². The summed E-state index contributed by atoms with van der Waals surface area (Å²) in [6, 6.07) is 5.66. The number of fused-ring (bicyclic) bond motifs is 2. The van der Waals surface area contributed by atoms with E-state index in [2.05, 4.69) is 22.5 Å². The first-order valence-corrected chi connectivity index (χ1v) is 8.86. The van der Waals surface area contributed by atoms with Gasteiger partial charge in [-0.3, -0.25) is 0 Å². The normalized spacial score (nSPS) is 18.4. The van der Waals surface area contributed by atoms with Crippen molar-refractivity contribution >= 4 is 39.5 Å². The third-order valence-electron chi connectivity index (χ3n) is 4.04. The molecule has 120 valence electrons. The lowest BCUT2D eigenvalue weighted by Gasteiger charge is -2.15. The zero-order valence-electron chi connectivity index (χ0n) is 12.7. The molecule has 0 spiro atoms. The number of hydrogen-bond donors (Lipinski definition) is 2. The number of aryl methyl sites for hydroxylation is 1. The third-order valence-corrected chi connectivity index (χ3v) is 5.28. The van der Waals surface area contributed by atoms with Crippen LogP contribution in [0.4, 0.5) is 10.8 Å². The molecule has 1 aromatic carbocycles. The first-order chi connectivity index (χ1) is 11.2. The summed E-state index contributed by atoms with van der Waals surface area (Å²) in [5, 5.41) is 7.74. The van der Waals surface area contributed by atoms with Crippen LogP contribution in [0.2, 0.25) is 0 Å². The lowest BCUT2D eigenvalue weighted by atomic mass is 9.93. The van der Waals surface area contributed by atoms with Crippen molar-refractivity contribution in [3.8, 4) is 11.5 Å². The van der Waals surface area contributed by atoms with Crippen LogP contribution in [-0.4, -0.2) is 16.9 Å². The van der Waals surface area contributed by atoms with Gasteiger partial charge in [-0.05, 0) is 49.5 Å². The third kappa shape index (κ3) is 3.11. The van der Waals surface area contributed by atoms with E-state index in [-0.39, 0.29) is 6.79 Å². The van der Waals surface area contributed by atoms with E-state index in [0.717, 1.165) is 41.1 Å². The van der Waals surface area contributed by atoms with Crippen LogP contribution in [0.1, 0.15) is 23.9 Å². The quantitative estimate of drug-likeness (QED) is 0.806. The molecule has 4 rings (SSSR count). The van der Waals surface area contributed by atoms with E-state index in [1.54, 1.807) is 11.3 Å². The number of benzene rings is 1. The van der Waals surface area contributed by atoms with Gasteiger partial charge in [0.05, 0.1) is 5.69 Å². The van der Waals surface area contributed by atoms with Crippen molar-refractivity contribution in [3.63, 3.8) is 0 Å². The monoisotopic (exact) mass is 347 g/mol. The van der Waals surface area contributed by atoms with Crippen LogP contribution in [0.25, 0.3) is 0 Å². The lowest BCUT2D eigenvalue weighted by molar-refractivity contribution is 0.174. The molecule has 0 amide bonds. The van der Waals surface area contributed by atoms with Gasteiger partial charge in [-0.15, -0.1) is 11.3 Å². The van der Waals surface area contributed by atoms with E-state index < -0.39 is 0 Å². The molecule has 7 heteroatoms. The van der Waals surface area contributed by atoms with Crippen LogP contribution in [-0.2, 0) is 12.8 Å². The molecule has 0 saturated carbocycles. The number of aromatic nitrogens is 1. The average Bonchev–Trinajstić information content (AvgIpc) is 3.11. The second kappa shape index (κ2) is 5.98. The zero-order valence-corrected chi connectivity index (χ0v) is 14.4. The predicted molar refractivity (Wildman–Crippen MR) is 95.7 cm³/mol. The van der Waals surface area contributed by atoms with Crippen molar-refractivity contribution in [2.24, 2.45) is 5.92 Å². The molecule has 1 aromatic heterocycles. The first-order valence-electron chi connectivity index (χ1n) is 7.63. The van der Waals surface area contributed by atoms with Gasteiger partial charge in [0, 0.05) is 16.6 Å². The van der Waals surface area contributed by atoms with Crippen molar-refractivity contribution in [2.75, 3.05) is 17.4 Å². The molecule has 0 saturated heterocycles. The Bertz CT molecular complexity index is 760. The largest absolute Gasteiger partial charge is 0.454 e. The molecule has 2 N–H and O–H groups in total. The van der Waals surface area contributed by atoms with Gasteiger partial charge in [0.2, 0.25) is 6.79 Å². The molecule has 1 unspecified atom stereocenters. The molecule has 1 atom stereocenters. The molecular weight excluding hydrogens is 330 g/mol. The summed E-state index contributed by atoms with van der Waals surface area (Å²) in [7, 11) is 0. The molecule has 0 fully saturated rings. The summed E-state index contributed by atoms with van der Waals surface area (Å²) in [4.78, 5) is 6.05. The fourth-order valence-electron chi connectivity index (χ4n) is 2.83. The van der Waals surface area contributed by atoms with Gasteiger partial charge in [0.1, 0.15) is 0 Å². The Morgan fingerprint density at radius 1 is 1.30 bits per heavy atom. The summed E-state index contributed by atoms with van der Waals surface area (Å²) in [5.74, 6) is 2.24. The van der Waals surface area contributed by atoms with Crippen molar-refractivity contribution < 1.29 is 9.47 Å². The maximum atomic E-state index is 5.38. The lowest BCUT2D eigenvalue weighted by Crippen LogP contribution is -2.18. The van der Waals surface area contributed by atoms with Crippen molar-refractivity contribution in [1.29, 1.82) is 0 Å². The average molecular weight is 347 g/mol. The van der Waals surface area contributed by atoms with Crippen LogP contribution < -0.4 is 20.1 Å². The van der Waals surface area contributed by atoms with E-state index in [4.69, 9.17) is 21.7 Å². The van der Waals surface area contributed by atoms with E-state index >= 15 is 0 Å². The molecule has 23 heavy (non-hydrogen) atoms. The molecule has 5 nitrogen and oxygen atoms in total. The summed E-state index contributed by atoms with van der Waals surface area (Å²) < 4.78 is 10.7. The number of ether oxygens (including phenoxy) is 2. The molecule has 1 aliphatic heterocycles. The Labute approximate surface area is 144 Å². The summed E-state index contributed by atoms with van der Waals surface area (Å²) >= 11 is 7.09. The number of hydrogen-bond acceptors (Lipinski definition) is 5. The SMILES string of the molecule is CC1CCc2nc(NC(=S)Nc3ccc4c(c3)OCO4)sc2C1. The zero-order chi connectivity index (χ0) is 15.8. The minimum absolute atomic E-state index is 0.268. The van der Waals surface area contributed by atoms with Crippen molar-refractivity contribution in [3.05, 3.63) is 28.8 Å². The number of rotatable bonds is 2. The van der Waals surface area contributed by atoms with Gasteiger partial charge in [-0.2, -0.15) is 0 Å². The Balaban J connectivity index is 1.42. The van der Waals surface area contributed by atoms with E-state index in [1.165, 1.54) is 17.0 Å². The second-order valence-corrected chi connectivity index (χ2v) is 7.38. The molecule has 0 radical (unpaired) electrons.